The Kier molecular flexibility index (Phi) is 4.03. The molecule has 2 rings (SSSR count). The predicted octanol–water partition coefficient (Wildman–Crippen LogP) is 1.83. The molecule has 0 aliphatic rings. The van der Waals surface area contributed by atoms with Gasteiger partial charge in [0.25, 0.3) is 5.69 Å². The molecule has 0 saturated heterocycles. The summed E-state index contributed by atoms with van der Waals surface area (Å²) in [4.78, 5) is 9.75. The van der Waals surface area contributed by atoms with Gasteiger partial charge in [-0.1, -0.05) is 0 Å². The molecule has 2 aromatic rings. The van der Waals surface area contributed by atoms with Gasteiger partial charge in [-0.15, -0.1) is 0 Å². The van der Waals surface area contributed by atoms with E-state index in [1.54, 1.807) is 0 Å². The molecular weight excluding hydrogens is 330 g/mol. The lowest BCUT2D eigenvalue weighted by Gasteiger charge is -2.05. The highest BCUT2D eigenvalue weighted by molar-refractivity contribution is 7.91. The van der Waals surface area contributed by atoms with Crippen LogP contribution in [0.25, 0.3) is 0 Å². The number of nitro groups is 1. The lowest BCUT2D eigenvalue weighted by molar-refractivity contribution is -0.384. The van der Waals surface area contributed by atoms with Gasteiger partial charge in [0.1, 0.15) is 0 Å². The normalized spacial score (nSPS) is 12.0. The van der Waals surface area contributed by atoms with Crippen molar-refractivity contribution in [3.8, 4) is 0 Å². The van der Waals surface area contributed by atoms with Crippen LogP contribution in [0.15, 0.2) is 63.2 Å². The summed E-state index contributed by atoms with van der Waals surface area (Å²) in [6, 6.07) is 9.24. The van der Waals surface area contributed by atoms with Gasteiger partial charge in [-0.25, -0.2) is 16.8 Å². The first-order chi connectivity index (χ1) is 10.1. The smallest absolute Gasteiger partial charge is 0.258 e. The van der Waals surface area contributed by atoms with Gasteiger partial charge in [0.15, 0.2) is 9.84 Å². The Morgan fingerprint density at radius 3 is 1.50 bits per heavy atom. The van der Waals surface area contributed by atoms with E-state index < -0.39 is 24.6 Å². The zero-order chi connectivity index (χ0) is 16.5. The highest BCUT2D eigenvalue weighted by Crippen LogP contribution is 2.24. The third-order valence-corrected chi connectivity index (χ3v) is 5.83. The number of nitrogens with zero attached hydrogens (tertiary/aromatic N) is 1. The molecule has 0 aromatic heterocycles. The maximum absolute atomic E-state index is 12.4. The van der Waals surface area contributed by atoms with E-state index in [1.807, 2.05) is 0 Å². The summed E-state index contributed by atoms with van der Waals surface area (Å²) in [7, 11) is -7.28. The quantitative estimate of drug-likeness (QED) is 0.619. The fraction of sp³-hybridized carbons (Fsp3) is 0.0769. The van der Waals surface area contributed by atoms with E-state index in [4.69, 9.17) is 0 Å². The molecule has 2 aromatic carbocycles. The van der Waals surface area contributed by atoms with Gasteiger partial charge in [0.05, 0.1) is 19.6 Å². The maximum Gasteiger partial charge on any atom is 0.269 e. The van der Waals surface area contributed by atoms with Crippen LogP contribution in [0.2, 0.25) is 0 Å². The molecule has 0 aliphatic carbocycles. The van der Waals surface area contributed by atoms with Gasteiger partial charge in [0, 0.05) is 18.4 Å². The zero-order valence-corrected chi connectivity index (χ0v) is 13.0. The van der Waals surface area contributed by atoms with Gasteiger partial charge in [-0.3, -0.25) is 10.1 Å². The van der Waals surface area contributed by atoms with Crippen LogP contribution in [0.1, 0.15) is 0 Å². The molecule has 9 heteroatoms. The van der Waals surface area contributed by atoms with E-state index in [1.165, 1.54) is 24.3 Å². The Morgan fingerprint density at radius 1 is 0.773 bits per heavy atom. The predicted molar refractivity (Wildman–Crippen MR) is 78.1 cm³/mol. The van der Waals surface area contributed by atoms with Crippen molar-refractivity contribution in [2.75, 3.05) is 6.26 Å². The summed E-state index contributed by atoms with van der Waals surface area (Å²) in [5, 5.41) is 10.6. The first-order valence-corrected chi connectivity index (χ1v) is 9.29. The first-order valence-electron chi connectivity index (χ1n) is 5.92. The van der Waals surface area contributed by atoms with Crippen molar-refractivity contribution in [2.45, 2.75) is 14.7 Å². The van der Waals surface area contributed by atoms with E-state index in [-0.39, 0.29) is 20.4 Å². The maximum atomic E-state index is 12.4. The van der Waals surface area contributed by atoms with Crippen LogP contribution < -0.4 is 0 Å². The number of rotatable bonds is 4. The van der Waals surface area contributed by atoms with Crippen LogP contribution in [0, 0.1) is 10.1 Å². The SMILES string of the molecule is CS(=O)(=O)c1ccc(S(=O)(=O)c2ccc([N+](=O)[O-])cc2)cc1. The number of hydrogen-bond donors (Lipinski definition) is 0. The molecule has 0 spiro atoms. The van der Waals surface area contributed by atoms with Gasteiger partial charge >= 0.3 is 0 Å². The van der Waals surface area contributed by atoms with Crippen LogP contribution in [0.3, 0.4) is 0 Å². The second-order valence-electron chi connectivity index (χ2n) is 4.50. The standard InChI is InChI=1S/C13H11NO6S2/c1-21(17,18)11-6-8-13(9-7-11)22(19,20)12-4-2-10(3-5-12)14(15)16/h2-9H,1H3. The van der Waals surface area contributed by atoms with Crippen molar-refractivity contribution in [1.29, 1.82) is 0 Å². The molecule has 0 bridgehead atoms. The van der Waals surface area contributed by atoms with E-state index in [2.05, 4.69) is 0 Å². The topological polar surface area (TPSA) is 111 Å². The van der Waals surface area contributed by atoms with Gasteiger partial charge < -0.3 is 0 Å². The van der Waals surface area contributed by atoms with Crippen LogP contribution in [0.5, 0.6) is 0 Å². The van der Waals surface area contributed by atoms with Gasteiger partial charge in [0.2, 0.25) is 9.84 Å². The van der Waals surface area contributed by atoms with E-state index in [0.717, 1.165) is 30.5 Å². The minimum Gasteiger partial charge on any atom is -0.258 e. The molecule has 22 heavy (non-hydrogen) atoms. The molecule has 0 aliphatic heterocycles. The van der Waals surface area contributed by atoms with Crippen LogP contribution in [-0.4, -0.2) is 28.0 Å². The lowest BCUT2D eigenvalue weighted by Crippen LogP contribution is -2.03. The molecular formula is C13H11NO6S2. The molecule has 0 N–H and O–H groups in total. The summed E-state index contributed by atoms with van der Waals surface area (Å²) in [6.45, 7) is 0. The van der Waals surface area contributed by atoms with Crippen molar-refractivity contribution < 1.29 is 21.8 Å². The third kappa shape index (κ3) is 3.15. The van der Waals surface area contributed by atoms with Crippen molar-refractivity contribution in [1.82, 2.24) is 0 Å². The minimum absolute atomic E-state index is 0.00940. The lowest BCUT2D eigenvalue weighted by atomic mass is 10.3. The van der Waals surface area contributed by atoms with Crippen molar-refractivity contribution in [2.24, 2.45) is 0 Å². The molecule has 116 valence electrons. The van der Waals surface area contributed by atoms with Gasteiger partial charge in [-0.2, -0.15) is 0 Å². The van der Waals surface area contributed by atoms with Crippen LogP contribution in [-0.2, 0) is 19.7 Å². The van der Waals surface area contributed by atoms with E-state index in [9.17, 15) is 26.9 Å². The third-order valence-electron chi connectivity index (χ3n) is 2.92. The minimum atomic E-state index is -3.86. The average Bonchev–Trinajstić information content (AvgIpc) is 2.46. The molecule has 0 heterocycles. The van der Waals surface area contributed by atoms with E-state index >= 15 is 0 Å². The Hall–Kier alpha value is -2.26. The molecule has 0 saturated carbocycles. The summed E-state index contributed by atoms with van der Waals surface area (Å²) in [5.74, 6) is 0. The van der Waals surface area contributed by atoms with Crippen molar-refractivity contribution in [3.05, 3.63) is 58.6 Å². The molecule has 0 fully saturated rings. The Labute approximate surface area is 127 Å². The Bertz CT molecular complexity index is 914. The van der Waals surface area contributed by atoms with Crippen LogP contribution >= 0.6 is 0 Å². The highest BCUT2D eigenvalue weighted by atomic mass is 32.2. The Morgan fingerprint density at radius 2 is 1.14 bits per heavy atom. The largest absolute Gasteiger partial charge is 0.269 e. The fourth-order valence-corrected chi connectivity index (χ4v) is 3.64. The monoisotopic (exact) mass is 341 g/mol. The first kappa shape index (κ1) is 16.1. The van der Waals surface area contributed by atoms with Gasteiger partial charge in [-0.05, 0) is 36.4 Å². The number of benzene rings is 2. The molecule has 0 unspecified atom stereocenters. The number of nitro benzene ring substituents is 1. The second-order valence-corrected chi connectivity index (χ2v) is 8.46. The summed E-state index contributed by atoms with van der Waals surface area (Å²) in [5.41, 5.74) is -0.216. The molecule has 0 radical (unpaired) electrons. The summed E-state index contributed by atoms with van der Waals surface area (Å²) in [6.07, 6.45) is 1.02. The average molecular weight is 341 g/mol. The highest BCUT2D eigenvalue weighted by Gasteiger charge is 2.19. The van der Waals surface area contributed by atoms with E-state index in [0.29, 0.717) is 0 Å². The summed E-state index contributed by atoms with van der Waals surface area (Å²) < 4.78 is 47.4. The molecule has 0 atom stereocenters. The molecule has 0 amide bonds. The second kappa shape index (κ2) is 5.50. The zero-order valence-electron chi connectivity index (χ0n) is 11.3. The fourth-order valence-electron chi connectivity index (χ4n) is 1.75. The molecule has 7 nitrogen and oxygen atoms in total. The number of non-ortho nitro benzene ring substituents is 1. The number of hydrogen-bond acceptors (Lipinski definition) is 6. The van der Waals surface area contributed by atoms with Crippen molar-refractivity contribution in [3.63, 3.8) is 0 Å². The van der Waals surface area contributed by atoms with Crippen LogP contribution in [0.4, 0.5) is 5.69 Å². The number of sulfone groups is 2. The van der Waals surface area contributed by atoms with Crippen molar-refractivity contribution >= 4 is 25.4 Å². The Balaban J connectivity index is 2.44. The summed E-state index contributed by atoms with van der Waals surface area (Å²) >= 11 is 0.